The van der Waals surface area contributed by atoms with Gasteiger partial charge in [-0.25, -0.2) is 17.2 Å². The van der Waals surface area contributed by atoms with Crippen molar-refractivity contribution in [3.63, 3.8) is 0 Å². The standard InChI is InChI=1S/C26H18F4S.C7H3ClF4O2S/c27-22-16-17-24(23(18-22)26(28,29)30)31-25(19-10-4-1-5-11-19,20-12-6-2-7-13-20)21-14-8-3-9-15-21;8-15(13,14)6-2-1-4(9)3-5(6)7(10,11)12/h1-18H;1-3H. The average molecular weight is 701 g/mol. The molecule has 0 N–H and O–H groups in total. The van der Waals surface area contributed by atoms with Crippen LogP contribution in [0.4, 0.5) is 35.1 Å². The van der Waals surface area contributed by atoms with Crippen LogP contribution in [-0.2, 0) is 26.2 Å². The third kappa shape index (κ3) is 8.09. The van der Waals surface area contributed by atoms with Crippen molar-refractivity contribution >= 4 is 31.5 Å². The summed E-state index contributed by atoms with van der Waals surface area (Å²) < 4.78 is 125. The van der Waals surface area contributed by atoms with E-state index >= 15 is 0 Å². The minimum atomic E-state index is -4.97. The molecule has 0 spiro atoms. The Labute approximate surface area is 268 Å². The maximum atomic E-state index is 13.8. The summed E-state index contributed by atoms with van der Waals surface area (Å²) in [4.78, 5) is -1.19. The van der Waals surface area contributed by atoms with Crippen molar-refractivity contribution in [3.8, 4) is 0 Å². The van der Waals surface area contributed by atoms with Gasteiger partial charge in [0.2, 0.25) is 0 Å². The Morgan fingerprint density at radius 3 is 1.26 bits per heavy atom. The number of benzene rings is 5. The van der Waals surface area contributed by atoms with Crippen LogP contribution in [0.3, 0.4) is 0 Å². The summed E-state index contributed by atoms with van der Waals surface area (Å²) in [5.41, 5.74) is -0.110. The van der Waals surface area contributed by atoms with Gasteiger partial charge >= 0.3 is 12.4 Å². The third-order valence-electron chi connectivity index (χ3n) is 6.56. The second-order valence-corrected chi connectivity index (χ2v) is 13.4. The van der Waals surface area contributed by atoms with Crippen molar-refractivity contribution in [1.29, 1.82) is 0 Å². The normalized spacial score (nSPS) is 12.3. The highest BCUT2D eigenvalue weighted by atomic mass is 35.7. The fourth-order valence-corrected chi connectivity index (χ4v) is 7.19. The van der Waals surface area contributed by atoms with Crippen LogP contribution in [0.5, 0.6) is 0 Å². The Bertz CT molecular complexity index is 1790. The highest BCUT2D eigenvalue weighted by molar-refractivity contribution is 8.13. The number of alkyl halides is 6. The molecule has 5 aromatic rings. The minimum absolute atomic E-state index is 0.0366. The van der Waals surface area contributed by atoms with Gasteiger partial charge in [0.1, 0.15) is 11.6 Å². The quantitative estimate of drug-likeness (QED) is 0.0765. The monoisotopic (exact) mass is 700 g/mol. The molecule has 0 heterocycles. The van der Waals surface area contributed by atoms with E-state index in [-0.39, 0.29) is 11.0 Å². The lowest BCUT2D eigenvalue weighted by atomic mass is 9.84. The van der Waals surface area contributed by atoms with Gasteiger partial charge in [0.25, 0.3) is 9.05 Å². The summed E-state index contributed by atoms with van der Waals surface area (Å²) in [7, 11) is 0.224. The van der Waals surface area contributed by atoms with Gasteiger partial charge in [-0.2, -0.15) is 26.3 Å². The molecular formula is C33H21ClF8O2S2. The van der Waals surface area contributed by atoms with E-state index in [1.807, 2.05) is 91.0 Å². The molecule has 0 atom stereocenters. The van der Waals surface area contributed by atoms with Crippen LogP contribution in [0.2, 0.25) is 0 Å². The largest absolute Gasteiger partial charge is 0.417 e. The van der Waals surface area contributed by atoms with Crippen LogP contribution in [-0.4, -0.2) is 8.42 Å². The molecule has 0 bridgehead atoms. The van der Waals surface area contributed by atoms with Gasteiger partial charge < -0.3 is 0 Å². The first-order valence-electron chi connectivity index (χ1n) is 13.1. The Balaban J connectivity index is 0.000000270. The van der Waals surface area contributed by atoms with E-state index in [0.717, 1.165) is 34.5 Å². The van der Waals surface area contributed by atoms with Crippen LogP contribution in [0, 0.1) is 11.6 Å². The molecule has 0 amide bonds. The molecule has 46 heavy (non-hydrogen) atoms. The zero-order valence-electron chi connectivity index (χ0n) is 23.2. The Hall–Kier alpha value is -3.87. The first kappa shape index (κ1) is 35.0. The molecule has 2 nitrogen and oxygen atoms in total. The number of halogens is 9. The molecule has 0 unspecified atom stereocenters. The van der Waals surface area contributed by atoms with E-state index in [2.05, 4.69) is 0 Å². The summed E-state index contributed by atoms with van der Waals surface area (Å²) in [6.45, 7) is 0. The molecular weight excluding hydrogens is 680 g/mol. The summed E-state index contributed by atoms with van der Waals surface area (Å²) in [6, 6.07) is 32.2. The lowest BCUT2D eigenvalue weighted by Crippen LogP contribution is -2.26. The third-order valence-corrected chi connectivity index (χ3v) is 9.53. The molecule has 0 aromatic heterocycles. The zero-order valence-corrected chi connectivity index (χ0v) is 25.5. The molecule has 0 saturated carbocycles. The Morgan fingerprint density at radius 2 is 0.891 bits per heavy atom. The van der Waals surface area contributed by atoms with Gasteiger partial charge in [0.15, 0.2) is 0 Å². The lowest BCUT2D eigenvalue weighted by molar-refractivity contribution is -0.140. The van der Waals surface area contributed by atoms with Crippen molar-refractivity contribution in [2.24, 2.45) is 0 Å². The molecule has 5 aromatic carbocycles. The molecule has 0 aliphatic heterocycles. The number of hydrogen-bond donors (Lipinski definition) is 0. The van der Waals surface area contributed by atoms with Crippen LogP contribution in [0.15, 0.2) is 137 Å². The van der Waals surface area contributed by atoms with Gasteiger partial charge in [0.05, 0.1) is 20.8 Å². The minimum Gasteiger partial charge on any atom is -0.207 e. The summed E-state index contributed by atoms with van der Waals surface area (Å²) in [6.07, 6.45) is -9.65. The molecule has 0 radical (unpaired) electrons. The highest BCUT2D eigenvalue weighted by Gasteiger charge is 2.42. The average Bonchev–Trinajstić information content (AvgIpc) is 3.00. The predicted molar refractivity (Wildman–Crippen MR) is 161 cm³/mol. The van der Waals surface area contributed by atoms with Gasteiger partial charge in [-0.15, -0.1) is 11.8 Å². The topological polar surface area (TPSA) is 34.1 Å². The first-order valence-corrected chi connectivity index (χ1v) is 16.2. The summed E-state index contributed by atoms with van der Waals surface area (Å²) in [5, 5.41) is 0. The van der Waals surface area contributed by atoms with Crippen molar-refractivity contribution in [2.45, 2.75) is 26.9 Å². The van der Waals surface area contributed by atoms with Crippen LogP contribution in [0.25, 0.3) is 0 Å². The van der Waals surface area contributed by atoms with Gasteiger partial charge in [-0.05, 0) is 53.1 Å². The fourth-order valence-electron chi connectivity index (χ4n) is 4.61. The molecule has 0 fully saturated rings. The Morgan fingerprint density at radius 1 is 0.522 bits per heavy atom. The van der Waals surface area contributed by atoms with Gasteiger partial charge in [0, 0.05) is 15.6 Å². The van der Waals surface area contributed by atoms with Crippen molar-refractivity contribution in [3.05, 3.63) is 167 Å². The van der Waals surface area contributed by atoms with Crippen molar-refractivity contribution in [1.82, 2.24) is 0 Å². The number of thioether (sulfide) groups is 1. The van der Waals surface area contributed by atoms with E-state index in [1.165, 1.54) is 6.07 Å². The first-order chi connectivity index (χ1) is 21.5. The van der Waals surface area contributed by atoms with Crippen molar-refractivity contribution in [2.75, 3.05) is 0 Å². The smallest absolute Gasteiger partial charge is 0.207 e. The van der Waals surface area contributed by atoms with E-state index < -0.39 is 53.8 Å². The highest BCUT2D eigenvalue weighted by Crippen LogP contribution is 2.53. The zero-order chi connectivity index (χ0) is 33.8. The van der Waals surface area contributed by atoms with Gasteiger partial charge in [-0.1, -0.05) is 91.0 Å². The fraction of sp³-hybridized carbons (Fsp3) is 0.0909. The molecule has 0 saturated heterocycles. The maximum absolute atomic E-state index is 13.8. The molecule has 0 aliphatic carbocycles. The summed E-state index contributed by atoms with van der Waals surface area (Å²) >= 11 is 1.07. The summed E-state index contributed by atoms with van der Waals surface area (Å²) in [5.74, 6) is -2.10. The molecule has 0 aliphatic rings. The van der Waals surface area contributed by atoms with E-state index in [4.69, 9.17) is 10.7 Å². The Kier molecular flexibility index (Phi) is 10.5. The molecule has 5 rings (SSSR count). The van der Waals surface area contributed by atoms with E-state index in [0.29, 0.717) is 18.2 Å². The molecule has 13 heteroatoms. The second kappa shape index (κ2) is 13.9. The van der Waals surface area contributed by atoms with Crippen LogP contribution < -0.4 is 0 Å². The predicted octanol–water partition coefficient (Wildman–Crippen LogP) is 10.7. The second-order valence-electron chi connectivity index (χ2n) is 9.60. The SMILES string of the molecule is Fc1ccc(SC(c2ccccc2)(c2ccccc2)c2ccccc2)c(C(F)(F)F)c1.O=S(=O)(Cl)c1ccc(F)cc1C(F)(F)F. The number of hydrogen-bond acceptors (Lipinski definition) is 3. The maximum Gasteiger partial charge on any atom is 0.417 e. The van der Waals surface area contributed by atoms with E-state index in [9.17, 15) is 43.5 Å². The van der Waals surface area contributed by atoms with Gasteiger partial charge in [-0.3, -0.25) is 0 Å². The lowest BCUT2D eigenvalue weighted by Gasteiger charge is -2.36. The molecule has 240 valence electrons. The van der Waals surface area contributed by atoms with E-state index in [1.54, 1.807) is 0 Å². The number of rotatable bonds is 6. The van der Waals surface area contributed by atoms with Crippen LogP contribution in [0.1, 0.15) is 27.8 Å². The van der Waals surface area contributed by atoms with Crippen LogP contribution >= 0.6 is 22.4 Å². The van der Waals surface area contributed by atoms with Crippen molar-refractivity contribution < 1.29 is 43.5 Å².